The first kappa shape index (κ1) is 19.8. The number of ether oxygens (including phenoxy) is 1. The zero-order valence-corrected chi connectivity index (χ0v) is 14.7. The van der Waals surface area contributed by atoms with Gasteiger partial charge in [0.2, 0.25) is 5.91 Å². The molecule has 0 saturated carbocycles. The summed E-state index contributed by atoms with van der Waals surface area (Å²) in [6.45, 7) is 0.0748. The number of anilines is 1. The van der Waals surface area contributed by atoms with Crippen LogP contribution in [0.3, 0.4) is 0 Å². The second-order valence-electron chi connectivity index (χ2n) is 5.63. The predicted molar refractivity (Wildman–Crippen MR) is 99.4 cm³/mol. The molecule has 0 fully saturated rings. The molecule has 27 heavy (non-hydrogen) atoms. The number of nitrogens with two attached hydrogens (primary N) is 1. The van der Waals surface area contributed by atoms with Crippen molar-refractivity contribution >= 4 is 29.5 Å². The number of nitrogens with zero attached hydrogens (tertiary/aromatic N) is 1. The van der Waals surface area contributed by atoms with Gasteiger partial charge >= 0.3 is 5.97 Å². The Kier molecular flexibility index (Phi) is 6.82. The molecule has 0 heterocycles. The van der Waals surface area contributed by atoms with E-state index in [0.29, 0.717) is 16.8 Å². The van der Waals surface area contributed by atoms with Gasteiger partial charge in [-0.25, -0.2) is 9.18 Å². The molecule has 2 aromatic rings. The lowest BCUT2D eigenvalue weighted by Crippen LogP contribution is -2.32. The lowest BCUT2D eigenvalue weighted by Gasteiger charge is -2.20. The highest BCUT2D eigenvalue weighted by molar-refractivity contribution is 6.04. The Hall–Kier alpha value is -3.48. The van der Waals surface area contributed by atoms with E-state index in [-0.39, 0.29) is 18.9 Å². The largest absolute Gasteiger partial charge is 0.465 e. The van der Waals surface area contributed by atoms with Gasteiger partial charge < -0.3 is 15.4 Å². The van der Waals surface area contributed by atoms with Gasteiger partial charge in [0.05, 0.1) is 12.7 Å². The van der Waals surface area contributed by atoms with Crippen LogP contribution in [0.2, 0.25) is 0 Å². The number of halogens is 1. The lowest BCUT2D eigenvalue weighted by molar-refractivity contribution is -0.118. The second-order valence-corrected chi connectivity index (χ2v) is 5.63. The summed E-state index contributed by atoms with van der Waals surface area (Å²) in [7, 11) is 1.30. The number of carbonyl (C=O) groups is 3. The third kappa shape index (κ3) is 5.78. The third-order valence-corrected chi connectivity index (χ3v) is 3.74. The highest BCUT2D eigenvalue weighted by atomic mass is 19.1. The van der Waals surface area contributed by atoms with Crippen molar-refractivity contribution in [3.05, 3.63) is 71.6 Å². The molecule has 0 saturated heterocycles. The number of carbonyl (C=O) groups excluding carboxylic acids is 3. The number of rotatable bonds is 7. The molecule has 7 heteroatoms. The zero-order chi connectivity index (χ0) is 19.8. The number of hydrogen-bond donors (Lipinski definition) is 1. The molecule has 140 valence electrons. The molecule has 0 aliphatic rings. The topological polar surface area (TPSA) is 89.7 Å². The molecule has 0 aromatic heterocycles. The van der Waals surface area contributed by atoms with Crippen LogP contribution in [0.25, 0.3) is 6.08 Å². The fourth-order valence-electron chi connectivity index (χ4n) is 2.32. The molecule has 0 atom stereocenters. The van der Waals surface area contributed by atoms with Gasteiger partial charge in [-0.2, -0.15) is 0 Å². The summed E-state index contributed by atoms with van der Waals surface area (Å²) in [5.74, 6) is -1.81. The summed E-state index contributed by atoms with van der Waals surface area (Å²) in [5.41, 5.74) is 6.72. The van der Waals surface area contributed by atoms with E-state index in [1.54, 1.807) is 30.3 Å². The van der Waals surface area contributed by atoms with Crippen molar-refractivity contribution < 1.29 is 23.5 Å². The van der Waals surface area contributed by atoms with Gasteiger partial charge in [-0.15, -0.1) is 0 Å². The first-order chi connectivity index (χ1) is 12.9. The number of benzene rings is 2. The summed E-state index contributed by atoms with van der Waals surface area (Å²) in [6, 6.07) is 11.9. The fourth-order valence-corrected chi connectivity index (χ4v) is 2.32. The van der Waals surface area contributed by atoms with E-state index in [4.69, 9.17) is 5.73 Å². The van der Waals surface area contributed by atoms with Crippen molar-refractivity contribution in [2.75, 3.05) is 18.6 Å². The Morgan fingerprint density at radius 3 is 2.26 bits per heavy atom. The van der Waals surface area contributed by atoms with Gasteiger partial charge in [0.15, 0.2) is 0 Å². The quantitative estimate of drug-likeness (QED) is 0.599. The monoisotopic (exact) mass is 370 g/mol. The van der Waals surface area contributed by atoms with Gasteiger partial charge in [0, 0.05) is 24.7 Å². The van der Waals surface area contributed by atoms with E-state index >= 15 is 0 Å². The van der Waals surface area contributed by atoms with Crippen molar-refractivity contribution in [3.63, 3.8) is 0 Å². The molecule has 2 aromatic carbocycles. The molecule has 0 radical (unpaired) electrons. The van der Waals surface area contributed by atoms with Crippen LogP contribution in [-0.2, 0) is 14.3 Å². The first-order valence-electron chi connectivity index (χ1n) is 8.12. The molecule has 0 unspecified atom stereocenters. The van der Waals surface area contributed by atoms with Crippen molar-refractivity contribution in [1.82, 2.24) is 0 Å². The first-order valence-corrected chi connectivity index (χ1v) is 8.12. The molecule has 0 spiro atoms. The van der Waals surface area contributed by atoms with Crippen LogP contribution in [0, 0.1) is 5.82 Å². The standard InChI is InChI=1S/C20H19FN2O4/c1-27-20(26)15-5-2-14(3-6-15)4-11-19(25)23(13-12-18(22)24)17-9-7-16(21)8-10-17/h2-11H,12-13H2,1H3,(H2,22,24)/b11-4+. The summed E-state index contributed by atoms with van der Waals surface area (Å²) >= 11 is 0. The molecule has 0 bridgehead atoms. The molecule has 0 aliphatic carbocycles. The summed E-state index contributed by atoms with van der Waals surface area (Å²) in [6.07, 6.45) is 2.88. The van der Waals surface area contributed by atoms with Crippen molar-refractivity contribution in [2.45, 2.75) is 6.42 Å². The predicted octanol–water partition coefficient (Wildman–Crippen LogP) is 2.53. The molecule has 6 nitrogen and oxygen atoms in total. The van der Waals surface area contributed by atoms with Crippen molar-refractivity contribution in [1.29, 1.82) is 0 Å². The van der Waals surface area contributed by atoms with E-state index in [0.717, 1.165) is 0 Å². The SMILES string of the molecule is COC(=O)c1ccc(/C=C/C(=O)N(CCC(N)=O)c2ccc(F)cc2)cc1. The third-order valence-electron chi connectivity index (χ3n) is 3.74. The number of hydrogen-bond acceptors (Lipinski definition) is 4. The minimum Gasteiger partial charge on any atom is -0.465 e. The van der Waals surface area contributed by atoms with Crippen LogP contribution in [0.5, 0.6) is 0 Å². The van der Waals surface area contributed by atoms with Gasteiger partial charge in [-0.05, 0) is 48.0 Å². The van der Waals surface area contributed by atoms with Crippen LogP contribution in [-0.4, -0.2) is 31.4 Å². The van der Waals surface area contributed by atoms with Crippen molar-refractivity contribution in [3.8, 4) is 0 Å². The number of esters is 1. The van der Waals surface area contributed by atoms with Gasteiger partial charge in [0.25, 0.3) is 5.91 Å². The molecule has 2 amide bonds. The summed E-state index contributed by atoms with van der Waals surface area (Å²) in [5, 5.41) is 0. The Morgan fingerprint density at radius 2 is 1.70 bits per heavy atom. The molecule has 2 N–H and O–H groups in total. The average Bonchev–Trinajstić information content (AvgIpc) is 2.67. The molecule has 0 aliphatic heterocycles. The Morgan fingerprint density at radius 1 is 1.07 bits per heavy atom. The van der Waals surface area contributed by atoms with Crippen LogP contribution in [0.1, 0.15) is 22.3 Å². The number of amides is 2. The summed E-state index contributed by atoms with van der Waals surface area (Å²) in [4.78, 5) is 36.4. The van der Waals surface area contributed by atoms with Crippen LogP contribution < -0.4 is 10.6 Å². The minimum absolute atomic E-state index is 0.0230. The second kappa shape index (κ2) is 9.28. The van der Waals surface area contributed by atoms with Crippen LogP contribution in [0.4, 0.5) is 10.1 Å². The van der Waals surface area contributed by atoms with E-state index in [9.17, 15) is 18.8 Å². The maximum Gasteiger partial charge on any atom is 0.337 e. The Bertz CT molecular complexity index is 845. The maximum absolute atomic E-state index is 13.1. The highest BCUT2D eigenvalue weighted by Gasteiger charge is 2.14. The number of methoxy groups -OCH3 is 1. The molecular weight excluding hydrogens is 351 g/mol. The van der Waals surface area contributed by atoms with Crippen LogP contribution in [0.15, 0.2) is 54.6 Å². The Labute approximate surface area is 156 Å². The summed E-state index contributed by atoms with van der Waals surface area (Å²) < 4.78 is 17.8. The minimum atomic E-state index is -0.544. The highest BCUT2D eigenvalue weighted by Crippen LogP contribution is 2.16. The number of primary amides is 1. The van der Waals surface area contributed by atoms with E-state index in [1.165, 1.54) is 42.4 Å². The van der Waals surface area contributed by atoms with Crippen LogP contribution >= 0.6 is 0 Å². The Balaban J connectivity index is 2.16. The zero-order valence-electron chi connectivity index (χ0n) is 14.7. The fraction of sp³-hybridized carbons (Fsp3) is 0.150. The molecular formula is C20H19FN2O4. The molecule has 2 rings (SSSR count). The maximum atomic E-state index is 13.1. The van der Waals surface area contributed by atoms with E-state index in [1.807, 2.05) is 0 Å². The normalized spacial score (nSPS) is 10.6. The van der Waals surface area contributed by atoms with E-state index < -0.39 is 17.7 Å². The van der Waals surface area contributed by atoms with Crippen molar-refractivity contribution in [2.24, 2.45) is 5.73 Å². The van der Waals surface area contributed by atoms with Gasteiger partial charge in [-0.1, -0.05) is 12.1 Å². The van der Waals surface area contributed by atoms with E-state index in [2.05, 4.69) is 4.74 Å². The smallest absolute Gasteiger partial charge is 0.337 e. The van der Waals surface area contributed by atoms with Gasteiger partial charge in [-0.3, -0.25) is 9.59 Å². The average molecular weight is 370 g/mol. The lowest BCUT2D eigenvalue weighted by atomic mass is 10.1. The van der Waals surface area contributed by atoms with Gasteiger partial charge in [0.1, 0.15) is 5.82 Å².